The number of hydrogen-bond donors (Lipinski definition) is 0. The molecule has 1 saturated carbocycles. The molecule has 0 saturated heterocycles. The van der Waals surface area contributed by atoms with E-state index in [-0.39, 0.29) is 17.5 Å². The van der Waals surface area contributed by atoms with Crippen molar-refractivity contribution in [2.45, 2.75) is 43.4 Å². The first-order valence-electron chi connectivity index (χ1n) is 8.78. The van der Waals surface area contributed by atoms with Crippen LogP contribution in [0.15, 0.2) is 48.5 Å². The molecule has 2 aromatic rings. The normalized spacial score (nSPS) is 29.2. The summed E-state index contributed by atoms with van der Waals surface area (Å²) in [5, 5.41) is 0. The second-order valence-electron chi connectivity index (χ2n) is 7.33. The second-order valence-corrected chi connectivity index (χ2v) is 7.33. The fourth-order valence-corrected chi connectivity index (χ4v) is 4.35. The number of hydrogen-bond acceptors (Lipinski definition) is 2. The Kier molecular flexibility index (Phi) is 3.93. The minimum absolute atomic E-state index is 0.0855. The Bertz CT molecular complexity index is 717. The predicted molar refractivity (Wildman–Crippen MR) is 93.4 cm³/mol. The molecule has 0 bridgehead atoms. The van der Waals surface area contributed by atoms with Crippen LogP contribution in [-0.2, 0) is 10.3 Å². The maximum atomic E-state index is 13.3. The van der Waals surface area contributed by atoms with Gasteiger partial charge in [-0.25, -0.2) is 4.39 Å². The lowest BCUT2D eigenvalue weighted by Gasteiger charge is -2.40. The monoisotopic (exact) mass is 325 g/mol. The SMILES string of the molecule is CN(C)C1CCC2(CC1)O[C@H](c1ccc(F)cc1)c1ccccc12. The lowest BCUT2D eigenvalue weighted by atomic mass is 9.77. The van der Waals surface area contributed by atoms with E-state index in [9.17, 15) is 4.39 Å². The quantitative estimate of drug-likeness (QED) is 0.797. The van der Waals surface area contributed by atoms with E-state index in [0.29, 0.717) is 6.04 Å². The van der Waals surface area contributed by atoms with Crippen LogP contribution in [0.5, 0.6) is 0 Å². The molecule has 2 aromatic carbocycles. The molecule has 0 unspecified atom stereocenters. The standard InChI is InChI=1S/C21H24FNO/c1-23(2)17-11-13-21(14-12-17)19-6-4-3-5-18(19)20(24-21)15-7-9-16(22)10-8-15/h3-10,17,20H,11-14H2,1-2H3/t17?,20-,21?/m1/s1. The summed E-state index contributed by atoms with van der Waals surface area (Å²) in [4.78, 5) is 2.32. The summed E-state index contributed by atoms with van der Waals surface area (Å²) >= 11 is 0. The fraction of sp³-hybridized carbons (Fsp3) is 0.429. The maximum absolute atomic E-state index is 13.3. The first-order chi connectivity index (χ1) is 11.6. The van der Waals surface area contributed by atoms with Crippen LogP contribution in [0.3, 0.4) is 0 Å². The van der Waals surface area contributed by atoms with Crippen LogP contribution in [0, 0.1) is 5.82 Å². The van der Waals surface area contributed by atoms with Crippen LogP contribution in [-0.4, -0.2) is 25.0 Å². The van der Waals surface area contributed by atoms with E-state index in [1.165, 1.54) is 23.3 Å². The molecule has 1 aliphatic heterocycles. The molecule has 4 rings (SSSR count). The van der Waals surface area contributed by atoms with E-state index >= 15 is 0 Å². The van der Waals surface area contributed by atoms with Gasteiger partial charge in [0.25, 0.3) is 0 Å². The molecule has 1 fully saturated rings. The number of halogens is 1. The van der Waals surface area contributed by atoms with Gasteiger partial charge in [0.15, 0.2) is 0 Å². The average molecular weight is 325 g/mol. The molecule has 1 heterocycles. The zero-order chi connectivity index (χ0) is 16.7. The lowest BCUT2D eigenvalue weighted by molar-refractivity contribution is -0.0931. The number of fused-ring (bicyclic) bond motifs is 2. The molecule has 0 aromatic heterocycles. The third-order valence-corrected chi connectivity index (χ3v) is 5.74. The van der Waals surface area contributed by atoms with Crippen LogP contribution in [0.25, 0.3) is 0 Å². The Morgan fingerprint density at radius 3 is 2.33 bits per heavy atom. The second kappa shape index (κ2) is 5.98. The van der Waals surface area contributed by atoms with Crippen molar-refractivity contribution in [1.29, 1.82) is 0 Å². The Labute approximate surface area is 143 Å². The minimum Gasteiger partial charge on any atom is -0.358 e. The Hall–Kier alpha value is -1.71. The Morgan fingerprint density at radius 2 is 1.67 bits per heavy atom. The average Bonchev–Trinajstić information content (AvgIpc) is 2.91. The summed E-state index contributed by atoms with van der Waals surface area (Å²) in [5.41, 5.74) is 3.43. The summed E-state index contributed by atoms with van der Waals surface area (Å²) in [6.07, 6.45) is 4.31. The van der Waals surface area contributed by atoms with E-state index < -0.39 is 0 Å². The maximum Gasteiger partial charge on any atom is 0.123 e. The van der Waals surface area contributed by atoms with Crippen molar-refractivity contribution in [3.8, 4) is 0 Å². The summed E-state index contributed by atoms with van der Waals surface area (Å²) in [5.74, 6) is -0.203. The smallest absolute Gasteiger partial charge is 0.123 e. The molecule has 0 amide bonds. The van der Waals surface area contributed by atoms with E-state index in [4.69, 9.17) is 4.74 Å². The van der Waals surface area contributed by atoms with Crippen molar-refractivity contribution < 1.29 is 9.13 Å². The van der Waals surface area contributed by atoms with Crippen molar-refractivity contribution in [2.24, 2.45) is 0 Å². The summed E-state index contributed by atoms with van der Waals surface area (Å²) < 4.78 is 20.0. The Balaban J connectivity index is 1.68. The third kappa shape index (κ3) is 2.56. The molecule has 1 atom stereocenters. The van der Waals surface area contributed by atoms with Gasteiger partial charge in [0.1, 0.15) is 11.9 Å². The van der Waals surface area contributed by atoms with Crippen LogP contribution < -0.4 is 0 Å². The van der Waals surface area contributed by atoms with Gasteiger partial charge in [0.05, 0.1) is 5.60 Å². The van der Waals surface area contributed by atoms with Crippen LogP contribution >= 0.6 is 0 Å². The topological polar surface area (TPSA) is 12.5 Å². The van der Waals surface area contributed by atoms with Gasteiger partial charge < -0.3 is 9.64 Å². The molecule has 1 aliphatic carbocycles. The van der Waals surface area contributed by atoms with E-state index in [1.54, 1.807) is 0 Å². The Morgan fingerprint density at radius 1 is 1.00 bits per heavy atom. The van der Waals surface area contributed by atoms with Gasteiger partial charge in [-0.1, -0.05) is 36.4 Å². The molecule has 126 valence electrons. The van der Waals surface area contributed by atoms with Gasteiger partial charge >= 0.3 is 0 Å². The zero-order valence-corrected chi connectivity index (χ0v) is 14.3. The van der Waals surface area contributed by atoms with Crippen molar-refractivity contribution in [2.75, 3.05) is 14.1 Å². The van der Waals surface area contributed by atoms with Gasteiger partial charge in [-0.15, -0.1) is 0 Å². The molecule has 2 nitrogen and oxygen atoms in total. The summed E-state index contributed by atoms with van der Waals surface area (Å²) in [6.45, 7) is 0. The van der Waals surface area contributed by atoms with Gasteiger partial charge in [0, 0.05) is 6.04 Å². The minimum atomic E-state index is -0.203. The number of ether oxygens (including phenoxy) is 1. The molecule has 1 spiro atoms. The molecular formula is C21H24FNO. The largest absolute Gasteiger partial charge is 0.358 e. The van der Waals surface area contributed by atoms with E-state index in [1.807, 2.05) is 12.1 Å². The highest BCUT2D eigenvalue weighted by Gasteiger charge is 2.47. The first kappa shape index (κ1) is 15.8. The molecular weight excluding hydrogens is 301 g/mol. The molecule has 24 heavy (non-hydrogen) atoms. The van der Waals surface area contributed by atoms with Crippen LogP contribution in [0.2, 0.25) is 0 Å². The van der Waals surface area contributed by atoms with Crippen molar-refractivity contribution in [3.63, 3.8) is 0 Å². The number of nitrogens with zero attached hydrogens (tertiary/aromatic N) is 1. The molecule has 0 radical (unpaired) electrons. The van der Waals surface area contributed by atoms with Crippen molar-refractivity contribution in [3.05, 3.63) is 71.0 Å². The van der Waals surface area contributed by atoms with Gasteiger partial charge in [-0.2, -0.15) is 0 Å². The van der Waals surface area contributed by atoms with E-state index in [2.05, 4.69) is 43.3 Å². The van der Waals surface area contributed by atoms with Gasteiger partial charge in [-0.3, -0.25) is 0 Å². The zero-order valence-electron chi connectivity index (χ0n) is 14.3. The van der Waals surface area contributed by atoms with Crippen molar-refractivity contribution in [1.82, 2.24) is 4.90 Å². The third-order valence-electron chi connectivity index (χ3n) is 5.74. The summed E-state index contributed by atoms with van der Waals surface area (Å²) in [7, 11) is 4.32. The van der Waals surface area contributed by atoms with Gasteiger partial charge in [0.2, 0.25) is 0 Å². The van der Waals surface area contributed by atoms with Gasteiger partial charge in [-0.05, 0) is 68.6 Å². The molecule has 0 N–H and O–H groups in total. The fourth-order valence-electron chi connectivity index (χ4n) is 4.35. The van der Waals surface area contributed by atoms with Crippen molar-refractivity contribution >= 4 is 0 Å². The lowest BCUT2D eigenvalue weighted by Crippen LogP contribution is -2.39. The summed E-state index contributed by atoms with van der Waals surface area (Å²) in [6, 6.07) is 15.9. The first-order valence-corrected chi connectivity index (χ1v) is 8.78. The number of benzene rings is 2. The van der Waals surface area contributed by atoms with Crippen LogP contribution in [0.4, 0.5) is 4.39 Å². The highest BCUT2D eigenvalue weighted by atomic mass is 19.1. The molecule has 2 aliphatic rings. The number of rotatable bonds is 2. The highest BCUT2D eigenvalue weighted by Crippen LogP contribution is 2.53. The van der Waals surface area contributed by atoms with Crippen LogP contribution in [0.1, 0.15) is 48.5 Å². The molecule has 3 heteroatoms. The highest BCUT2D eigenvalue weighted by molar-refractivity contribution is 5.43. The predicted octanol–water partition coefficient (Wildman–Crippen LogP) is 4.64. The van der Waals surface area contributed by atoms with E-state index in [0.717, 1.165) is 31.2 Å².